The lowest BCUT2D eigenvalue weighted by atomic mass is 10.0. The van der Waals surface area contributed by atoms with Crippen molar-refractivity contribution in [2.24, 2.45) is 0 Å². The second-order valence-corrected chi connectivity index (χ2v) is 4.62. The fraction of sp³-hybridized carbons (Fsp3) is 0.0714. The third kappa shape index (κ3) is 2.66. The van der Waals surface area contributed by atoms with E-state index in [2.05, 4.69) is 0 Å². The summed E-state index contributed by atoms with van der Waals surface area (Å²) in [6.45, 7) is 0. The highest BCUT2D eigenvalue weighted by molar-refractivity contribution is 7.98. The Morgan fingerprint density at radius 2 is 1.58 bits per heavy atom. The number of benzene rings is 2. The van der Waals surface area contributed by atoms with Crippen molar-refractivity contribution in [3.05, 3.63) is 65.0 Å². The maximum absolute atomic E-state index is 13.6. The Labute approximate surface area is 112 Å². The number of carbonyl (C=O) groups excluding carboxylic acids is 1. The van der Waals surface area contributed by atoms with E-state index in [-0.39, 0.29) is 5.56 Å². The highest BCUT2D eigenvalue weighted by atomic mass is 32.2. The lowest BCUT2D eigenvalue weighted by Gasteiger charge is -2.07. The van der Waals surface area contributed by atoms with Crippen LogP contribution in [0.1, 0.15) is 15.9 Å². The molecule has 0 radical (unpaired) electrons. The molecule has 1 nitrogen and oxygen atoms in total. The third-order valence-electron chi connectivity index (χ3n) is 2.61. The quantitative estimate of drug-likeness (QED) is 0.480. The fourth-order valence-electron chi connectivity index (χ4n) is 1.67. The van der Waals surface area contributed by atoms with Crippen LogP contribution in [0.3, 0.4) is 0 Å². The highest BCUT2D eigenvalue weighted by Crippen LogP contribution is 2.24. The molecule has 0 spiro atoms. The maximum Gasteiger partial charge on any atom is 0.197 e. The van der Waals surface area contributed by atoms with Crippen LogP contribution in [0, 0.1) is 17.5 Å². The molecule has 0 amide bonds. The number of halogens is 3. The lowest BCUT2D eigenvalue weighted by Crippen LogP contribution is -2.07. The van der Waals surface area contributed by atoms with Gasteiger partial charge in [-0.3, -0.25) is 4.79 Å². The summed E-state index contributed by atoms with van der Waals surface area (Å²) in [6, 6.07) is 7.56. The van der Waals surface area contributed by atoms with Crippen molar-refractivity contribution in [1.82, 2.24) is 0 Å². The molecule has 0 unspecified atom stereocenters. The standard InChI is InChI=1S/C14H9F3OS/c1-19-13-5-3-2-4-8(13)14(18)9-6-11(16)12(17)7-10(9)15/h2-7H,1H3. The largest absolute Gasteiger partial charge is 0.288 e. The van der Waals surface area contributed by atoms with Crippen LogP contribution in [0.25, 0.3) is 0 Å². The summed E-state index contributed by atoms with van der Waals surface area (Å²) in [6.07, 6.45) is 1.77. The minimum atomic E-state index is -1.31. The van der Waals surface area contributed by atoms with Crippen LogP contribution in [-0.4, -0.2) is 12.0 Å². The van der Waals surface area contributed by atoms with Gasteiger partial charge < -0.3 is 0 Å². The van der Waals surface area contributed by atoms with Gasteiger partial charge in [-0.05, 0) is 24.5 Å². The Morgan fingerprint density at radius 3 is 2.26 bits per heavy atom. The van der Waals surface area contributed by atoms with Crippen LogP contribution < -0.4 is 0 Å². The van der Waals surface area contributed by atoms with E-state index in [1.165, 1.54) is 17.8 Å². The average Bonchev–Trinajstić information content (AvgIpc) is 2.42. The molecule has 0 N–H and O–H groups in total. The molecule has 0 aliphatic carbocycles. The fourth-order valence-corrected chi connectivity index (χ4v) is 2.27. The van der Waals surface area contributed by atoms with Gasteiger partial charge in [0.15, 0.2) is 17.4 Å². The van der Waals surface area contributed by atoms with E-state index in [1.807, 2.05) is 0 Å². The minimum Gasteiger partial charge on any atom is -0.288 e. The summed E-state index contributed by atoms with van der Waals surface area (Å²) in [4.78, 5) is 12.8. The van der Waals surface area contributed by atoms with E-state index in [9.17, 15) is 18.0 Å². The van der Waals surface area contributed by atoms with Crippen LogP contribution in [0.4, 0.5) is 13.2 Å². The molecule has 2 aromatic rings. The van der Waals surface area contributed by atoms with Gasteiger partial charge in [-0.1, -0.05) is 12.1 Å². The van der Waals surface area contributed by atoms with E-state index in [0.717, 1.165) is 0 Å². The zero-order chi connectivity index (χ0) is 14.0. The molecule has 0 aromatic heterocycles. The first-order valence-electron chi connectivity index (χ1n) is 5.37. The lowest BCUT2D eigenvalue weighted by molar-refractivity contribution is 0.103. The normalized spacial score (nSPS) is 10.5. The van der Waals surface area contributed by atoms with E-state index < -0.39 is 28.8 Å². The highest BCUT2D eigenvalue weighted by Gasteiger charge is 2.19. The van der Waals surface area contributed by atoms with Crippen molar-refractivity contribution in [2.75, 3.05) is 6.26 Å². The molecule has 0 aliphatic rings. The SMILES string of the molecule is CSc1ccccc1C(=O)c1cc(F)c(F)cc1F. The first-order valence-corrected chi connectivity index (χ1v) is 6.59. The zero-order valence-electron chi connectivity index (χ0n) is 9.91. The summed E-state index contributed by atoms with van der Waals surface area (Å²) in [5.74, 6) is -4.29. The number of hydrogen-bond donors (Lipinski definition) is 0. The topological polar surface area (TPSA) is 17.1 Å². The summed E-state index contributed by atoms with van der Waals surface area (Å²) in [5.41, 5.74) is -0.208. The summed E-state index contributed by atoms with van der Waals surface area (Å²) >= 11 is 1.32. The molecule has 98 valence electrons. The molecule has 0 fully saturated rings. The average molecular weight is 282 g/mol. The predicted molar refractivity (Wildman–Crippen MR) is 68.0 cm³/mol. The monoisotopic (exact) mass is 282 g/mol. The number of ketones is 1. The van der Waals surface area contributed by atoms with Crippen molar-refractivity contribution in [3.63, 3.8) is 0 Å². The zero-order valence-corrected chi connectivity index (χ0v) is 10.7. The van der Waals surface area contributed by atoms with Crippen LogP contribution in [0.5, 0.6) is 0 Å². The Bertz CT molecular complexity index is 641. The first kappa shape index (κ1) is 13.7. The van der Waals surface area contributed by atoms with Gasteiger partial charge in [-0.25, -0.2) is 13.2 Å². The van der Waals surface area contributed by atoms with Crippen LogP contribution >= 0.6 is 11.8 Å². The molecule has 0 saturated heterocycles. The molecular formula is C14H9F3OS. The number of carbonyl (C=O) groups is 1. The Hall–Kier alpha value is -1.75. The summed E-state index contributed by atoms with van der Waals surface area (Å²) < 4.78 is 39.5. The Kier molecular flexibility index (Phi) is 3.95. The Morgan fingerprint density at radius 1 is 0.947 bits per heavy atom. The molecule has 2 aromatic carbocycles. The minimum absolute atomic E-state index is 0.264. The number of hydrogen-bond acceptors (Lipinski definition) is 2. The smallest absolute Gasteiger partial charge is 0.197 e. The predicted octanol–water partition coefficient (Wildman–Crippen LogP) is 4.06. The third-order valence-corrected chi connectivity index (χ3v) is 3.40. The molecule has 19 heavy (non-hydrogen) atoms. The van der Waals surface area contributed by atoms with Crippen LogP contribution in [0.2, 0.25) is 0 Å². The molecule has 0 bridgehead atoms. The summed E-state index contributed by atoms with van der Waals surface area (Å²) in [7, 11) is 0. The van der Waals surface area contributed by atoms with Gasteiger partial charge in [-0.2, -0.15) is 0 Å². The van der Waals surface area contributed by atoms with Crippen LogP contribution in [0.15, 0.2) is 41.3 Å². The van der Waals surface area contributed by atoms with Gasteiger partial charge in [-0.15, -0.1) is 11.8 Å². The second kappa shape index (κ2) is 5.48. The molecule has 2 rings (SSSR count). The van der Waals surface area contributed by atoms with E-state index >= 15 is 0 Å². The van der Waals surface area contributed by atoms with Gasteiger partial charge in [0.25, 0.3) is 0 Å². The van der Waals surface area contributed by atoms with Gasteiger partial charge >= 0.3 is 0 Å². The molecule has 0 saturated carbocycles. The van der Waals surface area contributed by atoms with Gasteiger partial charge in [0.1, 0.15) is 5.82 Å². The van der Waals surface area contributed by atoms with Crippen molar-refractivity contribution in [3.8, 4) is 0 Å². The number of rotatable bonds is 3. The molecular weight excluding hydrogens is 273 g/mol. The number of thioether (sulfide) groups is 1. The molecule has 0 aliphatic heterocycles. The summed E-state index contributed by atoms with van der Waals surface area (Å²) in [5, 5.41) is 0. The molecule has 0 atom stereocenters. The molecule has 5 heteroatoms. The molecule has 0 heterocycles. The van der Waals surface area contributed by atoms with E-state index in [0.29, 0.717) is 17.0 Å². The van der Waals surface area contributed by atoms with Gasteiger partial charge in [0, 0.05) is 16.5 Å². The second-order valence-electron chi connectivity index (χ2n) is 3.78. The van der Waals surface area contributed by atoms with Crippen molar-refractivity contribution in [2.45, 2.75) is 4.90 Å². The van der Waals surface area contributed by atoms with Crippen LogP contribution in [-0.2, 0) is 0 Å². The Balaban J connectivity index is 2.53. The van der Waals surface area contributed by atoms with E-state index in [4.69, 9.17) is 0 Å². The van der Waals surface area contributed by atoms with Gasteiger partial charge in [0.05, 0.1) is 5.56 Å². The van der Waals surface area contributed by atoms with E-state index in [1.54, 1.807) is 24.5 Å². The van der Waals surface area contributed by atoms with Crippen molar-refractivity contribution >= 4 is 17.5 Å². The maximum atomic E-state index is 13.6. The van der Waals surface area contributed by atoms with Crippen molar-refractivity contribution in [1.29, 1.82) is 0 Å². The van der Waals surface area contributed by atoms with Gasteiger partial charge in [0.2, 0.25) is 0 Å². The first-order chi connectivity index (χ1) is 9.04. The van der Waals surface area contributed by atoms with Crippen molar-refractivity contribution < 1.29 is 18.0 Å².